The Morgan fingerprint density at radius 2 is 2.00 bits per heavy atom. The first-order chi connectivity index (χ1) is 10.2. The summed E-state index contributed by atoms with van der Waals surface area (Å²) in [6.07, 6.45) is 4.95. The van der Waals surface area contributed by atoms with Crippen molar-refractivity contribution in [3.05, 3.63) is 53.6 Å². The van der Waals surface area contributed by atoms with Crippen LogP contribution in [0.1, 0.15) is 36.2 Å². The number of nitrogens with two attached hydrogens (primary N) is 1. The van der Waals surface area contributed by atoms with Crippen molar-refractivity contribution in [2.75, 3.05) is 13.6 Å². The molecule has 0 amide bonds. The third-order valence-electron chi connectivity index (χ3n) is 3.86. The van der Waals surface area contributed by atoms with Gasteiger partial charge < -0.3 is 10.3 Å². The second kappa shape index (κ2) is 7.38. The first-order valence-electron chi connectivity index (χ1n) is 7.61. The molecule has 2 rings (SSSR count). The maximum atomic E-state index is 6.02. The van der Waals surface area contributed by atoms with Gasteiger partial charge in [0.05, 0.1) is 18.1 Å². The standard InChI is InChI=1S/C17H26N4/c1-4-9-21-13-19-11-17(21)16(10-18)20(3)12-15-7-5-14(2)6-8-15/h5-8,11,13,16H,4,9-10,12,18H2,1-3H3. The minimum absolute atomic E-state index is 0.195. The minimum Gasteiger partial charge on any atom is -0.333 e. The molecule has 114 valence electrons. The quantitative estimate of drug-likeness (QED) is 0.851. The molecule has 4 heteroatoms. The van der Waals surface area contributed by atoms with Crippen LogP contribution in [0, 0.1) is 6.92 Å². The van der Waals surface area contributed by atoms with E-state index in [0.29, 0.717) is 6.54 Å². The van der Waals surface area contributed by atoms with E-state index in [1.807, 2.05) is 12.5 Å². The number of imidazole rings is 1. The van der Waals surface area contributed by atoms with Crippen LogP contribution in [0.25, 0.3) is 0 Å². The maximum absolute atomic E-state index is 6.02. The van der Waals surface area contributed by atoms with E-state index in [1.54, 1.807) is 0 Å². The van der Waals surface area contributed by atoms with Gasteiger partial charge in [-0.1, -0.05) is 36.8 Å². The predicted molar refractivity (Wildman–Crippen MR) is 87.0 cm³/mol. The molecule has 0 aliphatic carbocycles. The number of hydrogen-bond donors (Lipinski definition) is 1. The van der Waals surface area contributed by atoms with Gasteiger partial charge in [0.15, 0.2) is 0 Å². The van der Waals surface area contributed by atoms with Crippen LogP contribution in [0.4, 0.5) is 0 Å². The highest BCUT2D eigenvalue weighted by molar-refractivity contribution is 5.21. The summed E-state index contributed by atoms with van der Waals surface area (Å²) in [4.78, 5) is 6.59. The van der Waals surface area contributed by atoms with E-state index < -0.39 is 0 Å². The van der Waals surface area contributed by atoms with E-state index in [1.165, 1.54) is 16.8 Å². The summed E-state index contributed by atoms with van der Waals surface area (Å²) in [5, 5.41) is 0. The summed E-state index contributed by atoms with van der Waals surface area (Å²) in [7, 11) is 2.13. The normalized spacial score (nSPS) is 12.8. The molecule has 4 nitrogen and oxygen atoms in total. The van der Waals surface area contributed by atoms with Gasteiger partial charge in [-0.2, -0.15) is 0 Å². The van der Waals surface area contributed by atoms with Gasteiger partial charge in [-0.3, -0.25) is 4.90 Å². The molecule has 0 spiro atoms. The Balaban J connectivity index is 2.12. The lowest BCUT2D eigenvalue weighted by molar-refractivity contribution is 0.232. The Labute approximate surface area is 127 Å². The number of aryl methyl sites for hydroxylation is 2. The molecule has 0 saturated heterocycles. The lowest BCUT2D eigenvalue weighted by atomic mass is 10.1. The monoisotopic (exact) mass is 286 g/mol. The predicted octanol–water partition coefficient (Wildman–Crippen LogP) is 2.73. The summed E-state index contributed by atoms with van der Waals surface area (Å²) < 4.78 is 2.21. The van der Waals surface area contributed by atoms with E-state index in [9.17, 15) is 0 Å². The van der Waals surface area contributed by atoms with E-state index in [4.69, 9.17) is 5.73 Å². The van der Waals surface area contributed by atoms with Gasteiger partial charge in [-0.25, -0.2) is 4.98 Å². The molecule has 1 unspecified atom stereocenters. The fourth-order valence-corrected chi connectivity index (χ4v) is 2.65. The Morgan fingerprint density at radius 1 is 1.29 bits per heavy atom. The van der Waals surface area contributed by atoms with Gasteiger partial charge in [0.2, 0.25) is 0 Å². The number of benzene rings is 1. The van der Waals surface area contributed by atoms with E-state index in [-0.39, 0.29) is 6.04 Å². The zero-order valence-electron chi connectivity index (χ0n) is 13.3. The first-order valence-corrected chi connectivity index (χ1v) is 7.61. The first kappa shape index (κ1) is 15.7. The largest absolute Gasteiger partial charge is 0.333 e. The molecule has 2 aromatic rings. The van der Waals surface area contributed by atoms with Crippen molar-refractivity contribution in [3.8, 4) is 0 Å². The van der Waals surface area contributed by atoms with Gasteiger partial charge >= 0.3 is 0 Å². The van der Waals surface area contributed by atoms with Gasteiger partial charge in [-0.05, 0) is 26.0 Å². The summed E-state index contributed by atoms with van der Waals surface area (Å²) in [6, 6.07) is 8.87. The molecule has 0 fully saturated rings. The number of aromatic nitrogens is 2. The van der Waals surface area contributed by atoms with Crippen molar-refractivity contribution in [2.45, 2.75) is 39.4 Å². The van der Waals surface area contributed by atoms with Crippen LogP contribution in [-0.4, -0.2) is 28.0 Å². The summed E-state index contributed by atoms with van der Waals surface area (Å²) in [5.41, 5.74) is 9.83. The fourth-order valence-electron chi connectivity index (χ4n) is 2.65. The van der Waals surface area contributed by atoms with Crippen molar-refractivity contribution in [3.63, 3.8) is 0 Å². The molecule has 1 aromatic carbocycles. The van der Waals surface area contributed by atoms with E-state index >= 15 is 0 Å². The van der Waals surface area contributed by atoms with Crippen LogP contribution in [0.2, 0.25) is 0 Å². The molecule has 1 aromatic heterocycles. The molecule has 0 saturated carbocycles. The van der Waals surface area contributed by atoms with Gasteiger partial charge in [0.1, 0.15) is 0 Å². The molecule has 21 heavy (non-hydrogen) atoms. The maximum Gasteiger partial charge on any atom is 0.0948 e. The van der Waals surface area contributed by atoms with Crippen LogP contribution in [-0.2, 0) is 13.1 Å². The van der Waals surface area contributed by atoms with Crippen molar-refractivity contribution in [1.29, 1.82) is 0 Å². The molecule has 1 heterocycles. The number of nitrogens with zero attached hydrogens (tertiary/aromatic N) is 3. The van der Waals surface area contributed by atoms with Gasteiger partial charge in [0, 0.05) is 25.8 Å². The topological polar surface area (TPSA) is 47.1 Å². The van der Waals surface area contributed by atoms with Gasteiger partial charge in [0.25, 0.3) is 0 Å². The minimum atomic E-state index is 0.195. The zero-order valence-corrected chi connectivity index (χ0v) is 13.3. The number of likely N-dealkylation sites (N-methyl/N-ethyl adjacent to an activating group) is 1. The van der Waals surface area contributed by atoms with Crippen LogP contribution in [0.3, 0.4) is 0 Å². The molecule has 0 bridgehead atoms. The third-order valence-corrected chi connectivity index (χ3v) is 3.86. The fraction of sp³-hybridized carbons (Fsp3) is 0.471. The number of hydrogen-bond acceptors (Lipinski definition) is 3. The highest BCUT2D eigenvalue weighted by atomic mass is 15.2. The Kier molecular flexibility index (Phi) is 5.53. The van der Waals surface area contributed by atoms with E-state index in [2.05, 4.69) is 59.6 Å². The lowest BCUT2D eigenvalue weighted by Crippen LogP contribution is -2.31. The second-order valence-corrected chi connectivity index (χ2v) is 5.66. The van der Waals surface area contributed by atoms with Crippen LogP contribution < -0.4 is 5.73 Å². The Morgan fingerprint density at radius 3 is 2.62 bits per heavy atom. The molecule has 0 aliphatic rings. The highest BCUT2D eigenvalue weighted by Crippen LogP contribution is 2.20. The number of rotatable bonds is 7. The van der Waals surface area contributed by atoms with Crippen molar-refractivity contribution in [1.82, 2.24) is 14.5 Å². The molecule has 1 atom stereocenters. The summed E-state index contributed by atoms with van der Waals surface area (Å²) in [5.74, 6) is 0. The zero-order chi connectivity index (χ0) is 15.2. The average molecular weight is 286 g/mol. The molecule has 0 aliphatic heterocycles. The molecular formula is C17H26N4. The molecule has 0 radical (unpaired) electrons. The SMILES string of the molecule is CCCn1cncc1C(CN)N(C)Cc1ccc(C)cc1. The van der Waals surface area contributed by atoms with Crippen molar-refractivity contribution in [2.24, 2.45) is 5.73 Å². The van der Waals surface area contributed by atoms with Crippen LogP contribution in [0.5, 0.6) is 0 Å². The summed E-state index contributed by atoms with van der Waals surface area (Å²) in [6.45, 7) is 6.76. The van der Waals surface area contributed by atoms with Crippen molar-refractivity contribution < 1.29 is 0 Å². The molecular weight excluding hydrogens is 260 g/mol. The highest BCUT2D eigenvalue weighted by Gasteiger charge is 2.19. The lowest BCUT2D eigenvalue weighted by Gasteiger charge is -2.28. The smallest absolute Gasteiger partial charge is 0.0948 e. The van der Waals surface area contributed by atoms with Gasteiger partial charge in [-0.15, -0.1) is 0 Å². The van der Waals surface area contributed by atoms with Crippen LogP contribution >= 0.6 is 0 Å². The average Bonchev–Trinajstić information content (AvgIpc) is 2.91. The second-order valence-electron chi connectivity index (χ2n) is 5.66. The van der Waals surface area contributed by atoms with Crippen molar-refractivity contribution >= 4 is 0 Å². The Hall–Kier alpha value is -1.65. The molecule has 2 N–H and O–H groups in total. The van der Waals surface area contributed by atoms with E-state index in [0.717, 1.165) is 19.5 Å². The van der Waals surface area contributed by atoms with Crippen LogP contribution in [0.15, 0.2) is 36.8 Å². The summed E-state index contributed by atoms with van der Waals surface area (Å²) >= 11 is 0. The third kappa shape index (κ3) is 3.93. The Bertz CT molecular complexity index is 544.